The van der Waals surface area contributed by atoms with E-state index in [9.17, 15) is 4.79 Å². The van der Waals surface area contributed by atoms with Gasteiger partial charge in [0.15, 0.2) is 10.8 Å². The molecule has 8 nitrogen and oxygen atoms in total. The first-order chi connectivity index (χ1) is 12.2. The number of imidazole rings is 1. The van der Waals surface area contributed by atoms with E-state index in [4.69, 9.17) is 25.9 Å². The van der Waals surface area contributed by atoms with Gasteiger partial charge in [-0.05, 0) is 19.3 Å². The lowest BCUT2D eigenvalue weighted by atomic mass is 10.2. The Morgan fingerprint density at radius 3 is 2.92 bits per heavy atom. The van der Waals surface area contributed by atoms with Crippen LogP contribution in [0.4, 0.5) is 0 Å². The molecule has 0 bridgehead atoms. The predicted octanol–water partition coefficient (Wildman–Crippen LogP) is 2.17. The molecule has 1 N–H and O–H groups in total. The Kier molecular flexibility index (Phi) is 5.62. The Balaban J connectivity index is 1.43. The highest BCUT2D eigenvalue weighted by molar-refractivity contribution is 6.33. The summed E-state index contributed by atoms with van der Waals surface area (Å²) in [5, 5.41) is 9.24. The molecular formula is C16H17ClN4O4. The highest BCUT2D eigenvalue weighted by Crippen LogP contribution is 2.17. The van der Waals surface area contributed by atoms with Crippen LogP contribution in [0.25, 0.3) is 11.2 Å². The van der Waals surface area contributed by atoms with Crippen LogP contribution in [-0.4, -0.2) is 31.2 Å². The van der Waals surface area contributed by atoms with E-state index < -0.39 is 0 Å². The van der Waals surface area contributed by atoms with Crippen LogP contribution in [0.15, 0.2) is 34.2 Å². The van der Waals surface area contributed by atoms with Crippen molar-refractivity contribution in [3.8, 4) is 5.75 Å². The highest BCUT2D eigenvalue weighted by Gasteiger charge is 2.08. The number of hydrogen-bond acceptors (Lipinski definition) is 7. The summed E-state index contributed by atoms with van der Waals surface area (Å²) < 4.78 is 12.4. The van der Waals surface area contributed by atoms with Crippen molar-refractivity contribution in [1.29, 1.82) is 0 Å². The van der Waals surface area contributed by atoms with Gasteiger partial charge in [0.1, 0.15) is 30.5 Å². The van der Waals surface area contributed by atoms with Gasteiger partial charge in [-0.25, -0.2) is 15.0 Å². The first-order valence-electron chi connectivity index (χ1n) is 7.85. The largest absolute Gasteiger partial charge is 0.487 e. The summed E-state index contributed by atoms with van der Waals surface area (Å²) in [6.07, 6.45) is 6.98. The number of hydrogen-bond donors (Lipinski definition) is 1. The number of nitrogens with zero attached hydrogens (tertiary/aromatic N) is 4. The SMILES string of the molecule is O=c1cc(CO)occ1OCCCCCn1cnc2c(Cl)ncnc21. The molecule has 0 saturated carbocycles. The molecule has 132 valence electrons. The molecule has 0 spiro atoms. The van der Waals surface area contributed by atoms with Crippen LogP contribution in [0.1, 0.15) is 25.0 Å². The van der Waals surface area contributed by atoms with Crippen LogP contribution in [0.3, 0.4) is 0 Å². The van der Waals surface area contributed by atoms with E-state index in [-0.39, 0.29) is 23.5 Å². The summed E-state index contributed by atoms with van der Waals surface area (Å²) >= 11 is 5.97. The van der Waals surface area contributed by atoms with Gasteiger partial charge in [-0.15, -0.1) is 0 Å². The van der Waals surface area contributed by atoms with Gasteiger partial charge in [-0.3, -0.25) is 4.79 Å². The normalized spacial score (nSPS) is 11.1. The fourth-order valence-electron chi connectivity index (χ4n) is 2.39. The number of aliphatic hydroxyl groups is 1. The zero-order chi connectivity index (χ0) is 17.6. The van der Waals surface area contributed by atoms with Gasteiger partial charge >= 0.3 is 0 Å². The monoisotopic (exact) mass is 364 g/mol. The molecule has 3 rings (SSSR count). The van der Waals surface area contributed by atoms with Crippen LogP contribution in [0, 0.1) is 0 Å². The Morgan fingerprint density at radius 1 is 1.24 bits per heavy atom. The molecule has 0 aromatic carbocycles. The van der Waals surface area contributed by atoms with Gasteiger partial charge in [-0.1, -0.05) is 11.6 Å². The number of fused-ring (bicyclic) bond motifs is 1. The molecule has 0 amide bonds. The van der Waals surface area contributed by atoms with Crippen molar-refractivity contribution in [1.82, 2.24) is 19.5 Å². The first kappa shape index (κ1) is 17.4. The third kappa shape index (κ3) is 4.15. The Hall–Kier alpha value is -2.45. The average Bonchev–Trinajstić information content (AvgIpc) is 3.03. The summed E-state index contributed by atoms with van der Waals surface area (Å²) in [4.78, 5) is 24.0. The zero-order valence-corrected chi connectivity index (χ0v) is 14.1. The quantitative estimate of drug-likeness (QED) is 0.482. The van der Waals surface area contributed by atoms with Crippen molar-refractivity contribution in [3.63, 3.8) is 0 Å². The van der Waals surface area contributed by atoms with E-state index in [1.807, 2.05) is 4.57 Å². The van der Waals surface area contributed by atoms with Crippen LogP contribution in [0.5, 0.6) is 5.75 Å². The van der Waals surface area contributed by atoms with Crippen molar-refractivity contribution >= 4 is 22.8 Å². The summed E-state index contributed by atoms with van der Waals surface area (Å²) in [5.74, 6) is 0.373. The van der Waals surface area contributed by atoms with Crippen LogP contribution in [-0.2, 0) is 13.2 Å². The number of halogens is 1. The zero-order valence-electron chi connectivity index (χ0n) is 13.4. The molecule has 0 atom stereocenters. The Bertz CT molecular complexity index is 909. The lowest BCUT2D eigenvalue weighted by Crippen LogP contribution is -2.09. The molecule has 3 heterocycles. The van der Waals surface area contributed by atoms with Crippen LogP contribution in [0.2, 0.25) is 5.15 Å². The van der Waals surface area contributed by atoms with Gasteiger partial charge in [0.25, 0.3) is 0 Å². The van der Waals surface area contributed by atoms with E-state index in [1.54, 1.807) is 6.33 Å². The topological polar surface area (TPSA) is 103 Å². The molecule has 0 saturated heterocycles. The lowest BCUT2D eigenvalue weighted by molar-refractivity contribution is 0.236. The third-order valence-electron chi connectivity index (χ3n) is 3.67. The van der Waals surface area contributed by atoms with Crippen molar-refractivity contribution in [2.75, 3.05) is 6.61 Å². The fourth-order valence-corrected chi connectivity index (χ4v) is 2.56. The molecule has 0 aliphatic heterocycles. The number of aryl methyl sites for hydroxylation is 1. The maximum absolute atomic E-state index is 11.7. The average molecular weight is 365 g/mol. The van der Waals surface area contributed by atoms with Crippen LogP contribution >= 0.6 is 11.6 Å². The molecule has 0 unspecified atom stereocenters. The highest BCUT2D eigenvalue weighted by atomic mass is 35.5. The molecule has 0 aliphatic carbocycles. The van der Waals surface area contributed by atoms with Crippen molar-refractivity contribution in [2.24, 2.45) is 0 Å². The summed E-state index contributed by atoms with van der Waals surface area (Å²) in [6, 6.07) is 1.23. The number of aromatic nitrogens is 4. The van der Waals surface area contributed by atoms with Crippen LogP contribution < -0.4 is 10.2 Å². The van der Waals surface area contributed by atoms with Gasteiger partial charge in [0.2, 0.25) is 11.2 Å². The number of ether oxygens (including phenoxy) is 1. The predicted molar refractivity (Wildman–Crippen MR) is 90.6 cm³/mol. The number of aliphatic hydroxyl groups excluding tert-OH is 1. The van der Waals surface area contributed by atoms with Crippen molar-refractivity contribution in [3.05, 3.63) is 46.1 Å². The van der Waals surface area contributed by atoms with Crippen molar-refractivity contribution in [2.45, 2.75) is 32.4 Å². The lowest BCUT2D eigenvalue weighted by Gasteiger charge is -2.06. The Labute approximate surface area is 148 Å². The van der Waals surface area contributed by atoms with Gasteiger partial charge in [0, 0.05) is 12.6 Å². The minimum Gasteiger partial charge on any atom is -0.487 e. The minimum absolute atomic E-state index is 0.157. The van der Waals surface area contributed by atoms with E-state index in [2.05, 4.69) is 15.0 Å². The molecule has 0 radical (unpaired) electrons. The molecule has 3 aromatic heterocycles. The smallest absolute Gasteiger partial charge is 0.227 e. The summed E-state index contributed by atoms with van der Waals surface area (Å²) in [7, 11) is 0. The van der Waals surface area contributed by atoms with E-state index in [1.165, 1.54) is 18.7 Å². The number of rotatable bonds is 8. The second-order valence-corrected chi connectivity index (χ2v) is 5.77. The summed E-state index contributed by atoms with van der Waals surface area (Å²) in [6.45, 7) is 0.869. The second kappa shape index (κ2) is 8.09. The second-order valence-electron chi connectivity index (χ2n) is 5.42. The third-order valence-corrected chi connectivity index (χ3v) is 3.94. The maximum Gasteiger partial charge on any atom is 0.227 e. The maximum atomic E-state index is 11.7. The van der Waals surface area contributed by atoms with E-state index >= 15 is 0 Å². The summed E-state index contributed by atoms with van der Waals surface area (Å²) in [5.41, 5.74) is 1.03. The minimum atomic E-state index is -0.311. The van der Waals surface area contributed by atoms with Crippen molar-refractivity contribution < 1.29 is 14.3 Å². The molecule has 0 aliphatic rings. The van der Waals surface area contributed by atoms with Gasteiger partial charge in [-0.2, -0.15) is 0 Å². The van der Waals surface area contributed by atoms with Gasteiger partial charge in [0.05, 0.1) is 12.9 Å². The fraction of sp³-hybridized carbons (Fsp3) is 0.375. The standard InChI is InChI=1S/C16H17ClN4O4/c17-15-14-16(19-9-18-15)21(10-20-14)4-2-1-3-5-24-13-8-25-11(7-22)6-12(13)23/h6,8-10,22H,1-5,7H2. The molecule has 0 fully saturated rings. The molecule has 3 aromatic rings. The molecule has 9 heteroatoms. The van der Waals surface area contributed by atoms with Gasteiger partial charge < -0.3 is 18.8 Å². The first-order valence-corrected chi connectivity index (χ1v) is 8.23. The van der Waals surface area contributed by atoms with E-state index in [0.29, 0.717) is 17.3 Å². The Morgan fingerprint density at radius 2 is 2.12 bits per heavy atom. The molecule has 25 heavy (non-hydrogen) atoms. The van der Waals surface area contributed by atoms with E-state index in [0.717, 1.165) is 31.5 Å². The number of unbranched alkanes of at least 4 members (excludes halogenated alkanes) is 2. The molecular weight excluding hydrogens is 348 g/mol.